The highest BCUT2D eigenvalue weighted by Gasteiger charge is 2.42. The molecule has 2 aromatic rings. The molecule has 0 unspecified atom stereocenters. The van der Waals surface area contributed by atoms with Crippen molar-refractivity contribution in [2.45, 2.75) is 77.2 Å². The van der Waals surface area contributed by atoms with Gasteiger partial charge in [-0.1, -0.05) is 19.8 Å². The van der Waals surface area contributed by atoms with Crippen molar-refractivity contribution in [3.63, 3.8) is 0 Å². The first-order chi connectivity index (χ1) is 14.5. The summed E-state index contributed by atoms with van der Waals surface area (Å²) in [4.78, 5) is 28.4. The molecule has 2 aliphatic heterocycles. The lowest BCUT2D eigenvalue weighted by Crippen LogP contribution is -2.41. The third-order valence-electron chi connectivity index (χ3n) is 7.42. The molecule has 1 saturated carbocycles. The molecular formula is C25H31NO4. The van der Waals surface area contributed by atoms with Gasteiger partial charge in [-0.05, 0) is 63.5 Å². The van der Waals surface area contributed by atoms with Gasteiger partial charge in [0.15, 0.2) is 11.5 Å². The zero-order valence-electron chi connectivity index (χ0n) is 18.1. The Labute approximate surface area is 177 Å². The van der Waals surface area contributed by atoms with E-state index < -0.39 is 0 Å². The quantitative estimate of drug-likeness (QED) is 0.609. The Kier molecular flexibility index (Phi) is 4.87. The number of hydrogen-bond acceptors (Lipinski definition) is 4. The molecular weight excluding hydrogens is 378 g/mol. The van der Waals surface area contributed by atoms with E-state index in [1.807, 2.05) is 24.0 Å². The Morgan fingerprint density at radius 2 is 1.80 bits per heavy atom. The van der Waals surface area contributed by atoms with Crippen LogP contribution in [0.4, 0.5) is 0 Å². The number of rotatable bonds is 1. The molecule has 1 saturated heterocycles. The Morgan fingerprint density at radius 1 is 1.10 bits per heavy atom. The van der Waals surface area contributed by atoms with Crippen molar-refractivity contribution in [1.82, 2.24) is 4.90 Å². The number of fused-ring (bicyclic) bond motifs is 3. The average Bonchev–Trinajstić information content (AvgIpc) is 2.91. The van der Waals surface area contributed by atoms with Gasteiger partial charge in [-0.15, -0.1) is 0 Å². The van der Waals surface area contributed by atoms with Gasteiger partial charge >= 0.3 is 0 Å². The second kappa shape index (κ2) is 7.44. The number of carbonyl (C=O) groups is 2. The first-order valence-corrected chi connectivity index (χ1v) is 11.5. The summed E-state index contributed by atoms with van der Waals surface area (Å²) in [5, 5.41) is 0.759. The summed E-state index contributed by atoms with van der Waals surface area (Å²) >= 11 is 0. The summed E-state index contributed by atoms with van der Waals surface area (Å²) in [5.74, 6) is 1.75. The SMILES string of the molecule is Cc1c(C(=O)N2CCC(C)CC2)oc2ccc3c(c12)C(=O)CC1(CCCCCC1)O3. The van der Waals surface area contributed by atoms with Crippen molar-refractivity contribution in [2.75, 3.05) is 13.1 Å². The summed E-state index contributed by atoms with van der Waals surface area (Å²) in [5.41, 5.74) is 1.62. The Morgan fingerprint density at radius 3 is 2.50 bits per heavy atom. The maximum Gasteiger partial charge on any atom is 0.289 e. The van der Waals surface area contributed by atoms with E-state index in [1.165, 1.54) is 12.8 Å². The van der Waals surface area contributed by atoms with E-state index in [0.29, 0.717) is 35.0 Å². The number of ether oxygens (including phenoxy) is 1. The van der Waals surface area contributed by atoms with E-state index >= 15 is 0 Å². The van der Waals surface area contributed by atoms with Gasteiger partial charge < -0.3 is 14.1 Å². The summed E-state index contributed by atoms with van der Waals surface area (Å²) < 4.78 is 12.5. The molecule has 1 amide bonds. The second-order valence-electron chi connectivity index (χ2n) is 9.64. The van der Waals surface area contributed by atoms with Gasteiger partial charge in [0.2, 0.25) is 0 Å². The first-order valence-electron chi connectivity index (χ1n) is 11.5. The first kappa shape index (κ1) is 19.7. The molecule has 3 aliphatic rings. The van der Waals surface area contributed by atoms with Gasteiger partial charge in [0.1, 0.15) is 16.9 Å². The number of ketones is 1. The van der Waals surface area contributed by atoms with Crippen molar-refractivity contribution in [3.05, 3.63) is 29.0 Å². The highest BCUT2D eigenvalue weighted by atomic mass is 16.5. The molecule has 0 bridgehead atoms. The molecule has 3 heterocycles. The van der Waals surface area contributed by atoms with E-state index in [1.54, 1.807) is 0 Å². The third kappa shape index (κ3) is 3.23. The minimum atomic E-state index is -0.352. The fourth-order valence-electron chi connectivity index (χ4n) is 5.55. The molecule has 30 heavy (non-hydrogen) atoms. The number of benzene rings is 1. The maximum atomic E-state index is 13.3. The molecule has 0 radical (unpaired) electrons. The number of piperidine rings is 1. The number of carbonyl (C=O) groups excluding carboxylic acids is 2. The van der Waals surface area contributed by atoms with E-state index in [9.17, 15) is 9.59 Å². The van der Waals surface area contributed by atoms with Crippen LogP contribution in [0.5, 0.6) is 5.75 Å². The van der Waals surface area contributed by atoms with E-state index in [-0.39, 0.29) is 17.3 Å². The van der Waals surface area contributed by atoms with Crippen LogP contribution in [-0.4, -0.2) is 35.3 Å². The molecule has 1 spiro atoms. The molecule has 2 fully saturated rings. The molecule has 5 rings (SSSR count). The minimum absolute atomic E-state index is 0.0613. The topological polar surface area (TPSA) is 59.8 Å². The number of likely N-dealkylation sites (tertiary alicyclic amines) is 1. The van der Waals surface area contributed by atoms with E-state index in [2.05, 4.69) is 6.92 Å². The highest BCUT2D eigenvalue weighted by molar-refractivity contribution is 6.13. The standard InChI is InChI=1S/C25H31NO4/c1-16-9-13-26(14-10-16)24(28)23-17(2)21-19(29-23)7-8-20-22(21)18(27)15-25(30-20)11-5-3-4-6-12-25/h7-8,16H,3-6,9-15H2,1-2H3. The predicted octanol–water partition coefficient (Wildman–Crippen LogP) is 5.67. The zero-order valence-corrected chi connectivity index (χ0v) is 18.1. The molecule has 1 aromatic heterocycles. The Balaban J connectivity index is 1.52. The van der Waals surface area contributed by atoms with Gasteiger partial charge in [-0.3, -0.25) is 9.59 Å². The number of furan rings is 1. The lowest BCUT2D eigenvalue weighted by Gasteiger charge is -2.37. The van der Waals surface area contributed by atoms with Crippen LogP contribution in [0.15, 0.2) is 16.5 Å². The van der Waals surface area contributed by atoms with Crippen LogP contribution < -0.4 is 4.74 Å². The Hall–Kier alpha value is -2.30. The van der Waals surface area contributed by atoms with Crippen molar-refractivity contribution >= 4 is 22.7 Å². The largest absolute Gasteiger partial charge is 0.486 e. The van der Waals surface area contributed by atoms with Crippen LogP contribution in [-0.2, 0) is 0 Å². The fourth-order valence-corrected chi connectivity index (χ4v) is 5.55. The normalized spacial score (nSPS) is 22.1. The lowest BCUT2D eigenvalue weighted by molar-refractivity contribution is 0.0301. The number of nitrogens with zero attached hydrogens (tertiary/aromatic N) is 1. The van der Waals surface area contributed by atoms with E-state index in [4.69, 9.17) is 9.15 Å². The van der Waals surface area contributed by atoms with Crippen molar-refractivity contribution < 1.29 is 18.7 Å². The number of Topliss-reactive ketones (excluding diaryl/α,β-unsaturated/α-hetero) is 1. The monoisotopic (exact) mass is 409 g/mol. The fraction of sp³-hybridized carbons (Fsp3) is 0.600. The summed E-state index contributed by atoms with van der Waals surface area (Å²) in [6.45, 7) is 5.65. The van der Waals surface area contributed by atoms with E-state index in [0.717, 1.165) is 62.6 Å². The Bertz CT molecular complexity index is 988. The van der Waals surface area contributed by atoms with Gasteiger partial charge in [0.25, 0.3) is 5.91 Å². The van der Waals surface area contributed by atoms with Gasteiger partial charge in [0.05, 0.1) is 12.0 Å². The maximum absolute atomic E-state index is 13.3. The van der Waals surface area contributed by atoms with Crippen LogP contribution in [0.25, 0.3) is 11.0 Å². The summed E-state index contributed by atoms with van der Waals surface area (Å²) in [7, 11) is 0. The van der Waals surface area contributed by atoms with Crippen molar-refractivity contribution in [3.8, 4) is 5.75 Å². The summed E-state index contributed by atoms with van der Waals surface area (Å²) in [6.07, 6.45) is 9.01. The summed E-state index contributed by atoms with van der Waals surface area (Å²) in [6, 6.07) is 3.72. The average molecular weight is 410 g/mol. The van der Waals surface area contributed by atoms with Crippen LogP contribution in [0.3, 0.4) is 0 Å². The molecule has 0 N–H and O–H groups in total. The van der Waals surface area contributed by atoms with Crippen LogP contribution in [0, 0.1) is 12.8 Å². The number of hydrogen-bond donors (Lipinski definition) is 0. The van der Waals surface area contributed by atoms with Crippen molar-refractivity contribution in [2.24, 2.45) is 5.92 Å². The number of amides is 1. The smallest absolute Gasteiger partial charge is 0.289 e. The van der Waals surface area contributed by atoms with Crippen LogP contribution in [0.2, 0.25) is 0 Å². The molecule has 1 aliphatic carbocycles. The van der Waals surface area contributed by atoms with Crippen LogP contribution >= 0.6 is 0 Å². The third-order valence-corrected chi connectivity index (χ3v) is 7.42. The highest BCUT2D eigenvalue weighted by Crippen LogP contribution is 2.45. The predicted molar refractivity (Wildman–Crippen MR) is 115 cm³/mol. The molecule has 1 aromatic carbocycles. The van der Waals surface area contributed by atoms with Gasteiger partial charge in [0, 0.05) is 24.0 Å². The van der Waals surface area contributed by atoms with Gasteiger partial charge in [-0.2, -0.15) is 0 Å². The second-order valence-corrected chi connectivity index (χ2v) is 9.64. The number of aryl methyl sites for hydroxylation is 1. The molecule has 160 valence electrons. The lowest BCUT2D eigenvalue weighted by atomic mass is 9.83. The van der Waals surface area contributed by atoms with Crippen molar-refractivity contribution in [1.29, 1.82) is 0 Å². The molecule has 5 heteroatoms. The minimum Gasteiger partial charge on any atom is -0.486 e. The van der Waals surface area contributed by atoms with Crippen LogP contribution in [0.1, 0.15) is 91.2 Å². The molecule has 5 nitrogen and oxygen atoms in total. The zero-order chi connectivity index (χ0) is 20.9. The van der Waals surface area contributed by atoms with Gasteiger partial charge in [-0.25, -0.2) is 0 Å². The molecule has 0 atom stereocenters.